The van der Waals surface area contributed by atoms with Crippen molar-refractivity contribution in [3.05, 3.63) is 41.7 Å². The third kappa shape index (κ3) is 1.76. The molecule has 0 amide bonds. The average molecular weight is 295 g/mol. The molecule has 3 heterocycles. The third-order valence-electron chi connectivity index (χ3n) is 5.13. The number of nitrogens with two attached hydrogens (primary N) is 1. The minimum Gasteiger partial charge on any atom is -0.467 e. The molecule has 2 aromatic rings. The average Bonchev–Trinajstić information content (AvgIpc) is 3.08. The lowest BCUT2D eigenvalue weighted by Crippen LogP contribution is -2.51. The normalized spacial score (nSPS) is 27.1. The van der Waals surface area contributed by atoms with Crippen molar-refractivity contribution in [2.75, 3.05) is 12.3 Å². The molecule has 0 aromatic carbocycles. The highest BCUT2D eigenvalue weighted by atomic mass is 16.3. The minimum atomic E-state index is -0.00444. The third-order valence-corrected chi connectivity index (χ3v) is 5.13. The molecule has 6 heteroatoms. The Morgan fingerprint density at radius 1 is 1.50 bits per heavy atom. The number of aromatic nitrogens is 2. The molecule has 1 aliphatic heterocycles. The monoisotopic (exact) mass is 295 g/mol. The number of nitrogens with zero attached hydrogens (tertiary/aromatic N) is 4. The van der Waals surface area contributed by atoms with Crippen LogP contribution in [0.15, 0.2) is 29.0 Å². The van der Waals surface area contributed by atoms with Crippen LogP contribution in [0.25, 0.3) is 0 Å². The van der Waals surface area contributed by atoms with Crippen LogP contribution in [0.3, 0.4) is 0 Å². The van der Waals surface area contributed by atoms with E-state index in [0.29, 0.717) is 23.9 Å². The van der Waals surface area contributed by atoms with Gasteiger partial charge in [0.05, 0.1) is 24.5 Å². The van der Waals surface area contributed by atoms with Gasteiger partial charge in [-0.25, -0.2) is 9.97 Å². The lowest BCUT2D eigenvalue weighted by Gasteiger charge is -2.48. The molecule has 22 heavy (non-hydrogen) atoms. The Morgan fingerprint density at radius 3 is 3.05 bits per heavy atom. The molecular weight excluding hydrogens is 278 g/mol. The fraction of sp³-hybridized carbons (Fsp3) is 0.438. The Kier molecular flexibility index (Phi) is 2.91. The predicted molar refractivity (Wildman–Crippen MR) is 79.3 cm³/mol. The maximum atomic E-state index is 8.91. The summed E-state index contributed by atoms with van der Waals surface area (Å²) in [6.07, 6.45) is 6.77. The number of furan rings is 1. The quantitative estimate of drug-likeness (QED) is 0.931. The number of hydrogen-bond acceptors (Lipinski definition) is 6. The second-order valence-electron chi connectivity index (χ2n) is 6.04. The van der Waals surface area contributed by atoms with Gasteiger partial charge in [0, 0.05) is 0 Å². The molecule has 2 aliphatic rings. The van der Waals surface area contributed by atoms with Crippen molar-refractivity contribution in [1.82, 2.24) is 14.9 Å². The molecule has 0 radical (unpaired) electrons. The van der Waals surface area contributed by atoms with Crippen LogP contribution in [0.4, 0.5) is 5.82 Å². The first-order valence-electron chi connectivity index (χ1n) is 7.54. The Bertz CT molecular complexity index is 735. The van der Waals surface area contributed by atoms with Crippen LogP contribution in [0.2, 0.25) is 0 Å². The van der Waals surface area contributed by atoms with Crippen LogP contribution in [0.1, 0.15) is 36.4 Å². The summed E-state index contributed by atoms with van der Waals surface area (Å²) in [4.78, 5) is 11.0. The van der Waals surface area contributed by atoms with E-state index in [9.17, 15) is 0 Å². The van der Waals surface area contributed by atoms with E-state index in [0.717, 1.165) is 18.7 Å². The van der Waals surface area contributed by atoms with E-state index in [1.807, 2.05) is 12.1 Å². The molecule has 112 valence electrons. The Morgan fingerprint density at radius 2 is 2.41 bits per heavy atom. The van der Waals surface area contributed by atoms with Crippen LogP contribution in [0.5, 0.6) is 0 Å². The van der Waals surface area contributed by atoms with Gasteiger partial charge in [0.2, 0.25) is 0 Å². The van der Waals surface area contributed by atoms with E-state index in [1.165, 1.54) is 19.0 Å². The van der Waals surface area contributed by atoms with Gasteiger partial charge in [-0.3, -0.25) is 4.90 Å². The molecule has 1 saturated carbocycles. The summed E-state index contributed by atoms with van der Waals surface area (Å²) in [6.45, 7) is 1.64. The number of anilines is 1. The molecule has 2 fully saturated rings. The summed E-state index contributed by atoms with van der Waals surface area (Å²) < 4.78 is 5.72. The van der Waals surface area contributed by atoms with Crippen LogP contribution < -0.4 is 5.73 Å². The van der Waals surface area contributed by atoms with E-state index in [1.54, 1.807) is 6.26 Å². The molecule has 0 unspecified atom stereocenters. The van der Waals surface area contributed by atoms with Crippen molar-refractivity contribution >= 4 is 5.82 Å². The second-order valence-corrected chi connectivity index (χ2v) is 6.04. The number of hydrogen-bond donors (Lipinski definition) is 1. The van der Waals surface area contributed by atoms with Crippen molar-refractivity contribution in [2.24, 2.45) is 5.92 Å². The summed E-state index contributed by atoms with van der Waals surface area (Å²) >= 11 is 0. The SMILES string of the molecule is N#Cc1cnc(CN2CC[C@@H]3CC[C@@]32c2ccco2)nc1N. The van der Waals surface area contributed by atoms with Crippen molar-refractivity contribution in [3.8, 4) is 6.07 Å². The number of nitrogen functional groups attached to an aromatic ring is 1. The Hall–Kier alpha value is -2.39. The first-order chi connectivity index (χ1) is 10.7. The minimum absolute atomic E-state index is 0.00444. The molecule has 4 rings (SSSR count). The highest BCUT2D eigenvalue weighted by molar-refractivity contribution is 5.46. The predicted octanol–water partition coefficient (Wildman–Crippen LogP) is 2.03. The summed E-state index contributed by atoms with van der Waals surface area (Å²) in [6, 6.07) is 6.01. The van der Waals surface area contributed by atoms with Crippen LogP contribution in [-0.4, -0.2) is 21.4 Å². The summed E-state index contributed by atoms with van der Waals surface area (Å²) in [5.74, 6) is 2.61. The van der Waals surface area contributed by atoms with Crippen molar-refractivity contribution < 1.29 is 4.42 Å². The summed E-state index contributed by atoms with van der Waals surface area (Å²) in [7, 11) is 0. The van der Waals surface area contributed by atoms with Crippen LogP contribution in [-0.2, 0) is 12.1 Å². The van der Waals surface area contributed by atoms with Gasteiger partial charge in [0.25, 0.3) is 0 Å². The molecule has 2 atom stereocenters. The van der Waals surface area contributed by atoms with Crippen LogP contribution >= 0.6 is 0 Å². The van der Waals surface area contributed by atoms with E-state index in [2.05, 4.69) is 20.9 Å². The zero-order valence-corrected chi connectivity index (χ0v) is 12.2. The van der Waals surface area contributed by atoms with Gasteiger partial charge in [-0.2, -0.15) is 5.26 Å². The second kappa shape index (κ2) is 4.82. The van der Waals surface area contributed by atoms with Gasteiger partial charge < -0.3 is 10.2 Å². The van der Waals surface area contributed by atoms with Gasteiger partial charge in [-0.15, -0.1) is 0 Å². The lowest BCUT2D eigenvalue weighted by atomic mass is 9.66. The molecule has 6 nitrogen and oxygen atoms in total. The molecule has 1 saturated heterocycles. The fourth-order valence-electron chi connectivity index (χ4n) is 3.92. The van der Waals surface area contributed by atoms with Crippen molar-refractivity contribution in [1.29, 1.82) is 5.26 Å². The van der Waals surface area contributed by atoms with Crippen molar-refractivity contribution in [2.45, 2.75) is 31.3 Å². The molecule has 2 N–H and O–H groups in total. The summed E-state index contributed by atoms with van der Waals surface area (Å²) in [5.41, 5.74) is 6.12. The van der Waals surface area contributed by atoms with Crippen LogP contribution in [0, 0.1) is 17.2 Å². The number of likely N-dealkylation sites (tertiary alicyclic amines) is 1. The zero-order valence-electron chi connectivity index (χ0n) is 12.2. The lowest BCUT2D eigenvalue weighted by molar-refractivity contribution is -0.0120. The van der Waals surface area contributed by atoms with E-state index in [-0.39, 0.29) is 11.4 Å². The number of rotatable bonds is 3. The number of nitriles is 1. The van der Waals surface area contributed by atoms with Gasteiger partial charge in [0.1, 0.15) is 29.0 Å². The van der Waals surface area contributed by atoms with Gasteiger partial charge in [-0.1, -0.05) is 0 Å². The topological polar surface area (TPSA) is 92.0 Å². The Labute approximate surface area is 128 Å². The fourth-order valence-corrected chi connectivity index (χ4v) is 3.92. The zero-order chi connectivity index (χ0) is 15.2. The van der Waals surface area contributed by atoms with E-state index in [4.69, 9.17) is 15.4 Å². The molecule has 1 aliphatic carbocycles. The Balaban J connectivity index is 1.63. The van der Waals surface area contributed by atoms with Gasteiger partial charge in [-0.05, 0) is 43.9 Å². The smallest absolute Gasteiger partial charge is 0.145 e. The standard InChI is InChI=1S/C16H17N5O/c17-8-11-9-19-14(20-15(11)18)10-21-6-4-12-3-5-16(12,21)13-2-1-7-22-13/h1-2,7,9,12H,3-6,10H2,(H2,18,19,20)/t12-,16-/m0/s1. The highest BCUT2D eigenvalue weighted by Gasteiger charge is 2.57. The maximum absolute atomic E-state index is 8.91. The maximum Gasteiger partial charge on any atom is 0.145 e. The molecule has 0 bridgehead atoms. The molecule has 2 aromatic heterocycles. The first-order valence-corrected chi connectivity index (χ1v) is 7.54. The highest BCUT2D eigenvalue weighted by Crippen LogP contribution is 2.57. The molecular formula is C16H17N5O. The van der Waals surface area contributed by atoms with Crippen molar-refractivity contribution in [3.63, 3.8) is 0 Å². The van der Waals surface area contributed by atoms with E-state index < -0.39 is 0 Å². The summed E-state index contributed by atoms with van der Waals surface area (Å²) in [5, 5.41) is 8.91. The molecule has 0 spiro atoms. The number of fused-ring (bicyclic) bond motifs is 1. The largest absolute Gasteiger partial charge is 0.467 e. The first kappa shape index (κ1) is 13.3. The van der Waals surface area contributed by atoms with E-state index >= 15 is 0 Å². The van der Waals surface area contributed by atoms with Gasteiger partial charge >= 0.3 is 0 Å². The van der Waals surface area contributed by atoms with Gasteiger partial charge in [0.15, 0.2) is 0 Å².